The molecule has 0 N–H and O–H groups in total. The summed E-state index contributed by atoms with van der Waals surface area (Å²) in [5.41, 5.74) is -1.61. The van der Waals surface area contributed by atoms with Gasteiger partial charge in [-0.2, -0.15) is 0 Å². The number of halogens is 1. The Hall–Kier alpha value is -4.21. The van der Waals surface area contributed by atoms with Gasteiger partial charge in [-0.1, -0.05) is 12.1 Å². The lowest BCUT2D eigenvalue weighted by Gasteiger charge is -2.27. The van der Waals surface area contributed by atoms with Gasteiger partial charge in [0, 0.05) is 35.2 Å². The molecule has 1 aliphatic rings. The zero-order valence-corrected chi connectivity index (χ0v) is 13.8. The summed E-state index contributed by atoms with van der Waals surface area (Å²) < 4.78 is 14.4. The molecule has 0 saturated heterocycles. The number of amides is 2. The van der Waals surface area contributed by atoms with E-state index >= 15 is 0 Å². The van der Waals surface area contributed by atoms with E-state index in [4.69, 9.17) is 0 Å². The van der Waals surface area contributed by atoms with Gasteiger partial charge in [-0.3, -0.25) is 29.8 Å². The summed E-state index contributed by atoms with van der Waals surface area (Å²) in [4.78, 5) is 47.0. The van der Waals surface area contributed by atoms with E-state index in [0.717, 1.165) is 24.3 Å². The summed E-state index contributed by atoms with van der Waals surface area (Å²) in [5, 5.41) is 22.7. The standard InChI is InChI=1S/C18H8FN3O6/c19-14-5-4-10(21(25)26)8-15(14)20-17(23)12-3-1-2-9-6-11(22(27)28)7-13(16(9)12)18(20)24/h1-8H. The predicted octanol–water partition coefficient (Wildman–Crippen LogP) is 3.60. The van der Waals surface area contributed by atoms with Crippen molar-refractivity contribution in [3.8, 4) is 0 Å². The van der Waals surface area contributed by atoms with E-state index in [1.165, 1.54) is 24.3 Å². The van der Waals surface area contributed by atoms with Crippen molar-refractivity contribution in [3.63, 3.8) is 0 Å². The van der Waals surface area contributed by atoms with E-state index in [-0.39, 0.29) is 22.2 Å². The Morgan fingerprint density at radius 3 is 2.18 bits per heavy atom. The largest absolute Gasteiger partial charge is 0.271 e. The molecule has 0 saturated carbocycles. The highest BCUT2D eigenvalue weighted by molar-refractivity contribution is 6.36. The van der Waals surface area contributed by atoms with Crippen molar-refractivity contribution >= 4 is 39.6 Å². The van der Waals surface area contributed by atoms with Crippen LogP contribution in [0.2, 0.25) is 0 Å². The van der Waals surface area contributed by atoms with Gasteiger partial charge in [0.1, 0.15) is 5.82 Å². The van der Waals surface area contributed by atoms with Crippen LogP contribution in [0.25, 0.3) is 10.8 Å². The molecular formula is C18H8FN3O6. The first-order valence-corrected chi connectivity index (χ1v) is 7.83. The second-order valence-corrected chi connectivity index (χ2v) is 5.99. The lowest BCUT2D eigenvalue weighted by Crippen LogP contribution is -2.41. The zero-order chi connectivity index (χ0) is 20.2. The fraction of sp³-hybridized carbons (Fsp3) is 0. The van der Waals surface area contributed by atoms with Gasteiger partial charge in [0.2, 0.25) is 0 Å². The van der Waals surface area contributed by atoms with Crippen LogP contribution in [-0.4, -0.2) is 21.7 Å². The quantitative estimate of drug-likeness (QED) is 0.388. The van der Waals surface area contributed by atoms with Gasteiger partial charge >= 0.3 is 0 Å². The predicted molar refractivity (Wildman–Crippen MR) is 94.8 cm³/mol. The van der Waals surface area contributed by atoms with Crippen LogP contribution in [0.5, 0.6) is 0 Å². The molecule has 0 fully saturated rings. The monoisotopic (exact) mass is 381 g/mol. The van der Waals surface area contributed by atoms with Crippen molar-refractivity contribution < 1.29 is 23.8 Å². The Labute approximate surface area is 154 Å². The van der Waals surface area contributed by atoms with Crippen LogP contribution in [0.15, 0.2) is 48.5 Å². The minimum absolute atomic E-state index is 0.0351. The summed E-state index contributed by atoms with van der Waals surface area (Å²) in [5.74, 6) is -2.90. The molecule has 9 nitrogen and oxygen atoms in total. The lowest BCUT2D eigenvalue weighted by atomic mass is 9.93. The second-order valence-electron chi connectivity index (χ2n) is 5.99. The average Bonchev–Trinajstić information content (AvgIpc) is 2.66. The van der Waals surface area contributed by atoms with Crippen molar-refractivity contribution in [1.29, 1.82) is 0 Å². The first kappa shape index (κ1) is 17.2. The third-order valence-corrected chi connectivity index (χ3v) is 4.42. The summed E-state index contributed by atoms with van der Waals surface area (Å²) in [6.07, 6.45) is 0. The Morgan fingerprint density at radius 2 is 1.50 bits per heavy atom. The Kier molecular flexibility index (Phi) is 3.63. The molecule has 10 heteroatoms. The van der Waals surface area contributed by atoms with Crippen LogP contribution in [0.3, 0.4) is 0 Å². The molecule has 2 amide bonds. The maximum Gasteiger partial charge on any atom is 0.271 e. The van der Waals surface area contributed by atoms with Crippen molar-refractivity contribution in [1.82, 2.24) is 0 Å². The maximum atomic E-state index is 14.4. The van der Waals surface area contributed by atoms with Crippen LogP contribution < -0.4 is 4.90 Å². The SMILES string of the molecule is O=C1c2cccc3cc([N+](=O)[O-])cc(c23)C(=O)N1c1cc([N+](=O)[O-])ccc1F. The first-order valence-electron chi connectivity index (χ1n) is 7.83. The number of carbonyl (C=O) groups is 2. The number of rotatable bonds is 3. The number of imide groups is 1. The van der Waals surface area contributed by atoms with Crippen LogP contribution >= 0.6 is 0 Å². The molecule has 28 heavy (non-hydrogen) atoms. The van der Waals surface area contributed by atoms with E-state index in [1.807, 2.05) is 0 Å². The average molecular weight is 381 g/mol. The molecule has 0 aliphatic carbocycles. The fourth-order valence-corrected chi connectivity index (χ4v) is 3.20. The number of nitro benzene ring substituents is 2. The molecular weight excluding hydrogens is 373 g/mol. The second kappa shape index (κ2) is 5.91. The summed E-state index contributed by atoms with van der Waals surface area (Å²) >= 11 is 0. The van der Waals surface area contributed by atoms with Crippen LogP contribution in [0.1, 0.15) is 20.7 Å². The molecule has 4 rings (SSSR count). The number of carbonyl (C=O) groups excluding carboxylic acids is 2. The van der Waals surface area contributed by atoms with E-state index < -0.39 is 38.9 Å². The van der Waals surface area contributed by atoms with E-state index in [9.17, 15) is 34.2 Å². The highest BCUT2D eigenvalue weighted by Gasteiger charge is 2.37. The van der Waals surface area contributed by atoms with Gasteiger partial charge in [-0.05, 0) is 17.5 Å². The smallest absolute Gasteiger partial charge is 0.268 e. The van der Waals surface area contributed by atoms with Crippen molar-refractivity contribution in [2.75, 3.05) is 4.90 Å². The van der Waals surface area contributed by atoms with Gasteiger partial charge in [0.25, 0.3) is 23.2 Å². The number of hydrogen-bond acceptors (Lipinski definition) is 6. The molecule has 1 heterocycles. The Balaban J connectivity index is 2.00. The molecule has 0 radical (unpaired) electrons. The maximum absolute atomic E-state index is 14.4. The van der Waals surface area contributed by atoms with Crippen molar-refractivity contribution in [2.24, 2.45) is 0 Å². The number of hydrogen-bond donors (Lipinski definition) is 0. The molecule has 1 aliphatic heterocycles. The molecule has 0 unspecified atom stereocenters. The van der Waals surface area contributed by atoms with Gasteiger partial charge in [0.15, 0.2) is 0 Å². The first-order chi connectivity index (χ1) is 13.3. The minimum Gasteiger partial charge on any atom is -0.268 e. The summed E-state index contributed by atoms with van der Waals surface area (Å²) in [7, 11) is 0. The fourth-order valence-electron chi connectivity index (χ4n) is 3.20. The number of non-ortho nitro benzene ring substituents is 2. The van der Waals surface area contributed by atoms with Crippen molar-refractivity contribution in [2.45, 2.75) is 0 Å². The Bertz CT molecular complexity index is 1240. The number of nitrogens with zero attached hydrogens (tertiary/aromatic N) is 3. The van der Waals surface area contributed by atoms with Gasteiger partial charge < -0.3 is 0 Å². The molecule has 3 aromatic carbocycles. The van der Waals surface area contributed by atoms with E-state index in [2.05, 4.69) is 0 Å². The number of anilines is 1. The third kappa shape index (κ3) is 2.39. The zero-order valence-electron chi connectivity index (χ0n) is 13.8. The number of benzene rings is 3. The normalized spacial score (nSPS) is 13.1. The van der Waals surface area contributed by atoms with Crippen LogP contribution in [0.4, 0.5) is 21.5 Å². The molecule has 0 bridgehead atoms. The summed E-state index contributed by atoms with van der Waals surface area (Å²) in [6.45, 7) is 0. The van der Waals surface area contributed by atoms with Gasteiger partial charge in [-0.15, -0.1) is 0 Å². The molecule has 0 atom stereocenters. The molecule has 0 aromatic heterocycles. The number of nitro groups is 2. The highest BCUT2D eigenvalue weighted by Crippen LogP contribution is 2.37. The highest BCUT2D eigenvalue weighted by atomic mass is 19.1. The van der Waals surface area contributed by atoms with Crippen molar-refractivity contribution in [3.05, 3.63) is 85.7 Å². The molecule has 3 aromatic rings. The molecule has 138 valence electrons. The van der Waals surface area contributed by atoms with E-state index in [1.54, 1.807) is 0 Å². The lowest BCUT2D eigenvalue weighted by molar-refractivity contribution is -0.385. The van der Waals surface area contributed by atoms with E-state index in [0.29, 0.717) is 10.3 Å². The van der Waals surface area contributed by atoms with Crippen LogP contribution in [0, 0.1) is 26.0 Å². The minimum atomic E-state index is -1.02. The van der Waals surface area contributed by atoms with Gasteiger partial charge in [0.05, 0.1) is 21.1 Å². The summed E-state index contributed by atoms with van der Waals surface area (Å²) in [6, 6.07) is 9.06. The third-order valence-electron chi connectivity index (χ3n) is 4.42. The molecule has 0 spiro atoms. The topological polar surface area (TPSA) is 124 Å². The van der Waals surface area contributed by atoms with Crippen LogP contribution in [-0.2, 0) is 0 Å². The van der Waals surface area contributed by atoms with Gasteiger partial charge in [-0.25, -0.2) is 9.29 Å². The Morgan fingerprint density at radius 1 is 0.821 bits per heavy atom.